The lowest BCUT2D eigenvalue weighted by Gasteiger charge is -2.23. The minimum Gasteiger partial charge on any atom is -0.496 e. The van der Waals surface area contributed by atoms with Crippen molar-refractivity contribution >= 4 is 11.6 Å². The van der Waals surface area contributed by atoms with Crippen LogP contribution in [0.15, 0.2) is 42.5 Å². The number of aliphatic hydroxyl groups is 1. The molecule has 2 aromatic rings. The fourth-order valence-electron chi connectivity index (χ4n) is 2.61. The van der Waals surface area contributed by atoms with Gasteiger partial charge in [-0.05, 0) is 19.1 Å². The summed E-state index contributed by atoms with van der Waals surface area (Å²) in [5.74, 6) is 0.0297. The Morgan fingerprint density at radius 1 is 1.15 bits per heavy atom. The number of amides is 1. The fraction of sp³-hybridized carbons (Fsp3) is 0.188. The van der Waals surface area contributed by atoms with E-state index in [9.17, 15) is 9.90 Å². The van der Waals surface area contributed by atoms with Crippen LogP contribution in [-0.2, 0) is 10.4 Å². The number of aryl methyl sites for hydroxylation is 1. The molecule has 0 radical (unpaired) electrons. The number of nitrogens with one attached hydrogen (secondary N) is 1. The van der Waals surface area contributed by atoms with E-state index in [4.69, 9.17) is 4.74 Å². The van der Waals surface area contributed by atoms with Gasteiger partial charge in [0.1, 0.15) is 5.75 Å². The zero-order valence-electron chi connectivity index (χ0n) is 11.3. The molecule has 4 heteroatoms. The van der Waals surface area contributed by atoms with Gasteiger partial charge in [-0.15, -0.1) is 0 Å². The van der Waals surface area contributed by atoms with Gasteiger partial charge in [0.2, 0.25) is 0 Å². The number of methoxy groups -OCH3 is 1. The van der Waals surface area contributed by atoms with E-state index in [1.807, 2.05) is 19.1 Å². The summed E-state index contributed by atoms with van der Waals surface area (Å²) in [6.45, 7) is 1.92. The average molecular weight is 269 g/mol. The molecule has 102 valence electrons. The molecule has 0 spiro atoms. The molecule has 0 saturated carbocycles. The zero-order valence-corrected chi connectivity index (χ0v) is 11.3. The van der Waals surface area contributed by atoms with Gasteiger partial charge in [0, 0.05) is 16.8 Å². The standard InChI is InChI=1S/C16H15NO3/c1-10-7-8-13-12(9-10)16(19,15(18)17-13)11-5-3-4-6-14(11)20-2/h3-9,19H,1-2H3,(H,17,18)/t16-/m1/s1. The average Bonchev–Trinajstić information content (AvgIpc) is 2.72. The Morgan fingerprint density at radius 3 is 2.65 bits per heavy atom. The molecular formula is C16H15NO3. The Morgan fingerprint density at radius 2 is 1.90 bits per heavy atom. The molecule has 3 rings (SSSR count). The number of ether oxygens (including phenoxy) is 1. The van der Waals surface area contributed by atoms with Gasteiger partial charge in [-0.3, -0.25) is 4.79 Å². The van der Waals surface area contributed by atoms with E-state index in [1.165, 1.54) is 7.11 Å². The summed E-state index contributed by atoms with van der Waals surface area (Å²) < 4.78 is 5.28. The molecule has 2 aromatic carbocycles. The molecule has 1 amide bonds. The van der Waals surface area contributed by atoms with Crippen molar-refractivity contribution in [3.8, 4) is 5.75 Å². The first-order valence-corrected chi connectivity index (χ1v) is 6.36. The SMILES string of the molecule is COc1ccccc1[C@]1(O)C(=O)Nc2ccc(C)cc21. The van der Waals surface area contributed by atoms with Crippen molar-refractivity contribution < 1.29 is 14.6 Å². The van der Waals surface area contributed by atoms with Gasteiger partial charge < -0.3 is 15.2 Å². The molecule has 1 aliphatic rings. The monoisotopic (exact) mass is 269 g/mol. The molecule has 0 saturated heterocycles. The normalized spacial score (nSPS) is 20.4. The maximum atomic E-state index is 12.3. The van der Waals surface area contributed by atoms with E-state index in [-0.39, 0.29) is 0 Å². The lowest BCUT2D eigenvalue weighted by molar-refractivity contribution is -0.129. The fourth-order valence-corrected chi connectivity index (χ4v) is 2.61. The number of anilines is 1. The molecular weight excluding hydrogens is 254 g/mol. The van der Waals surface area contributed by atoms with E-state index in [0.29, 0.717) is 22.6 Å². The highest BCUT2D eigenvalue weighted by Gasteiger charge is 2.48. The van der Waals surface area contributed by atoms with Crippen molar-refractivity contribution in [2.75, 3.05) is 12.4 Å². The van der Waals surface area contributed by atoms with Crippen LogP contribution in [-0.4, -0.2) is 18.1 Å². The lowest BCUT2D eigenvalue weighted by atomic mass is 9.86. The molecule has 0 aromatic heterocycles. The number of hydrogen-bond donors (Lipinski definition) is 2. The predicted molar refractivity (Wildman–Crippen MR) is 75.8 cm³/mol. The molecule has 2 N–H and O–H groups in total. The van der Waals surface area contributed by atoms with Crippen LogP contribution in [0.5, 0.6) is 5.75 Å². The van der Waals surface area contributed by atoms with Crippen molar-refractivity contribution in [3.05, 3.63) is 59.2 Å². The van der Waals surface area contributed by atoms with Crippen LogP contribution in [0, 0.1) is 6.92 Å². The smallest absolute Gasteiger partial charge is 0.266 e. The molecule has 0 bridgehead atoms. The Bertz CT molecular complexity index is 696. The predicted octanol–water partition coefficient (Wildman–Crippen LogP) is 2.19. The second-order valence-corrected chi connectivity index (χ2v) is 4.91. The molecule has 0 fully saturated rings. The number of fused-ring (bicyclic) bond motifs is 1. The third-order valence-corrected chi connectivity index (χ3v) is 3.64. The number of para-hydroxylation sites is 1. The Balaban J connectivity index is 2.27. The summed E-state index contributed by atoms with van der Waals surface area (Å²) in [4.78, 5) is 12.3. The maximum Gasteiger partial charge on any atom is 0.266 e. The molecule has 20 heavy (non-hydrogen) atoms. The van der Waals surface area contributed by atoms with Gasteiger partial charge >= 0.3 is 0 Å². The number of rotatable bonds is 2. The van der Waals surface area contributed by atoms with E-state index < -0.39 is 11.5 Å². The highest BCUT2D eigenvalue weighted by atomic mass is 16.5. The van der Waals surface area contributed by atoms with Crippen molar-refractivity contribution in [1.82, 2.24) is 0 Å². The van der Waals surface area contributed by atoms with Crippen molar-refractivity contribution in [2.45, 2.75) is 12.5 Å². The van der Waals surface area contributed by atoms with Gasteiger partial charge in [0.25, 0.3) is 5.91 Å². The first kappa shape index (κ1) is 12.7. The van der Waals surface area contributed by atoms with E-state index >= 15 is 0 Å². The maximum absolute atomic E-state index is 12.3. The summed E-state index contributed by atoms with van der Waals surface area (Å²) in [6.07, 6.45) is 0. The lowest BCUT2D eigenvalue weighted by Crippen LogP contribution is -2.35. The second-order valence-electron chi connectivity index (χ2n) is 4.91. The largest absolute Gasteiger partial charge is 0.496 e. The number of benzene rings is 2. The van der Waals surface area contributed by atoms with Gasteiger partial charge in [-0.2, -0.15) is 0 Å². The molecule has 0 unspecified atom stereocenters. The van der Waals surface area contributed by atoms with Gasteiger partial charge in [-0.1, -0.05) is 35.9 Å². The van der Waals surface area contributed by atoms with Crippen LogP contribution in [0.3, 0.4) is 0 Å². The number of carbonyl (C=O) groups is 1. The van der Waals surface area contributed by atoms with Crippen LogP contribution in [0.1, 0.15) is 16.7 Å². The molecule has 1 heterocycles. The summed E-state index contributed by atoms with van der Waals surface area (Å²) in [5.41, 5.74) is 0.910. The molecule has 1 atom stereocenters. The van der Waals surface area contributed by atoms with Crippen LogP contribution in [0.25, 0.3) is 0 Å². The summed E-state index contributed by atoms with van der Waals surface area (Å²) >= 11 is 0. The topological polar surface area (TPSA) is 58.6 Å². The van der Waals surface area contributed by atoms with E-state index in [2.05, 4.69) is 5.32 Å². The van der Waals surface area contributed by atoms with E-state index in [0.717, 1.165) is 5.56 Å². The summed E-state index contributed by atoms with van der Waals surface area (Å²) in [5, 5.41) is 13.7. The molecule has 0 aliphatic carbocycles. The molecule has 4 nitrogen and oxygen atoms in total. The van der Waals surface area contributed by atoms with Crippen molar-refractivity contribution in [1.29, 1.82) is 0 Å². The first-order valence-electron chi connectivity index (χ1n) is 6.36. The quantitative estimate of drug-likeness (QED) is 0.878. The highest BCUT2D eigenvalue weighted by molar-refractivity contribution is 6.07. The Kier molecular flexibility index (Phi) is 2.76. The van der Waals surface area contributed by atoms with Crippen LogP contribution < -0.4 is 10.1 Å². The summed E-state index contributed by atoms with van der Waals surface area (Å²) in [6, 6.07) is 12.5. The van der Waals surface area contributed by atoms with Crippen LogP contribution >= 0.6 is 0 Å². The molecule has 1 aliphatic heterocycles. The van der Waals surface area contributed by atoms with E-state index in [1.54, 1.807) is 30.3 Å². The van der Waals surface area contributed by atoms with Crippen LogP contribution in [0.4, 0.5) is 5.69 Å². The van der Waals surface area contributed by atoms with Gasteiger partial charge in [0.15, 0.2) is 5.60 Å². The third kappa shape index (κ3) is 1.62. The zero-order chi connectivity index (χ0) is 14.3. The minimum absolute atomic E-state index is 0.448. The second kappa shape index (κ2) is 4.35. The third-order valence-electron chi connectivity index (χ3n) is 3.64. The van der Waals surface area contributed by atoms with Crippen molar-refractivity contribution in [3.63, 3.8) is 0 Å². The van der Waals surface area contributed by atoms with Gasteiger partial charge in [0.05, 0.1) is 7.11 Å². The highest BCUT2D eigenvalue weighted by Crippen LogP contribution is 2.44. The first-order chi connectivity index (χ1) is 9.57. The minimum atomic E-state index is -1.71. The Labute approximate surface area is 117 Å². The van der Waals surface area contributed by atoms with Crippen LogP contribution in [0.2, 0.25) is 0 Å². The van der Waals surface area contributed by atoms with Crippen molar-refractivity contribution in [2.24, 2.45) is 0 Å². The summed E-state index contributed by atoms with van der Waals surface area (Å²) in [7, 11) is 1.52. The number of hydrogen-bond acceptors (Lipinski definition) is 3. The number of carbonyl (C=O) groups excluding carboxylic acids is 1. The van der Waals surface area contributed by atoms with Gasteiger partial charge in [-0.25, -0.2) is 0 Å². The Hall–Kier alpha value is -2.33.